The lowest BCUT2D eigenvalue weighted by molar-refractivity contribution is -0.139. The first-order valence-corrected chi connectivity index (χ1v) is 12.2. The standard InChI is InChI=1S/C23H30FN3O4S/c1-5-14-25-23(29)18(3)26(15-19-8-6-7-9-21(19)24)22(28)16-27(32(4,30)31)20-12-10-17(2)11-13-20/h6-13,18H,5,14-16H2,1-4H3,(H,25,29)/t18-/m0/s1. The van der Waals surface area contributed by atoms with Gasteiger partial charge in [-0.15, -0.1) is 0 Å². The summed E-state index contributed by atoms with van der Waals surface area (Å²) in [5.74, 6) is -1.51. The van der Waals surface area contributed by atoms with Gasteiger partial charge in [0.1, 0.15) is 18.4 Å². The van der Waals surface area contributed by atoms with Crippen LogP contribution in [-0.2, 0) is 26.2 Å². The molecule has 32 heavy (non-hydrogen) atoms. The number of hydrogen-bond acceptors (Lipinski definition) is 4. The molecule has 2 rings (SSSR count). The lowest BCUT2D eigenvalue weighted by Crippen LogP contribution is -2.51. The summed E-state index contributed by atoms with van der Waals surface area (Å²) in [5.41, 5.74) is 1.51. The van der Waals surface area contributed by atoms with Gasteiger partial charge in [-0.25, -0.2) is 12.8 Å². The molecule has 0 unspecified atom stereocenters. The number of halogens is 1. The van der Waals surface area contributed by atoms with E-state index in [4.69, 9.17) is 0 Å². The fourth-order valence-electron chi connectivity index (χ4n) is 3.11. The molecule has 0 fully saturated rings. The molecule has 2 aromatic rings. The van der Waals surface area contributed by atoms with Crippen LogP contribution in [0, 0.1) is 12.7 Å². The maximum absolute atomic E-state index is 14.3. The summed E-state index contributed by atoms with van der Waals surface area (Å²) < 4.78 is 40.2. The minimum atomic E-state index is -3.79. The average molecular weight is 464 g/mol. The number of anilines is 1. The highest BCUT2D eigenvalue weighted by atomic mass is 32.2. The van der Waals surface area contributed by atoms with Crippen LogP contribution in [0.5, 0.6) is 0 Å². The van der Waals surface area contributed by atoms with E-state index in [1.807, 2.05) is 13.8 Å². The van der Waals surface area contributed by atoms with E-state index in [0.29, 0.717) is 12.2 Å². The second-order valence-corrected chi connectivity index (χ2v) is 9.59. The molecule has 2 amide bonds. The minimum absolute atomic E-state index is 0.169. The van der Waals surface area contributed by atoms with Gasteiger partial charge in [0, 0.05) is 18.7 Å². The number of carbonyl (C=O) groups is 2. The number of amides is 2. The molecule has 0 radical (unpaired) electrons. The van der Waals surface area contributed by atoms with Crippen LogP contribution in [0.15, 0.2) is 48.5 Å². The van der Waals surface area contributed by atoms with Crippen molar-refractivity contribution in [1.29, 1.82) is 0 Å². The molecule has 0 saturated carbocycles. The van der Waals surface area contributed by atoms with Crippen LogP contribution in [0.1, 0.15) is 31.4 Å². The predicted octanol–water partition coefficient (Wildman–Crippen LogP) is 2.84. The van der Waals surface area contributed by atoms with Crippen molar-refractivity contribution in [3.8, 4) is 0 Å². The maximum atomic E-state index is 14.3. The summed E-state index contributed by atoms with van der Waals surface area (Å²) in [6, 6.07) is 11.8. The van der Waals surface area contributed by atoms with E-state index in [-0.39, 0.29) is 12.1 Å². The first-order valence-electron chi connectivity index (χ1n) is 10.4. The zero-order valence-electron chi connectivity index (χ0n) is 18.8. The minimum Gasteiger partial charge on any atom is -0.354 e. The number of nitrogens with zero attached hydrogens (tertiary/aromatic N) is 2. The van der Waals surface area contributed by atoms with Gasteiger partial charge in [0.15, 0.2) is 0 Å². The van der Waals surface area contributed by atoms with Crippen molar-refractivity contribution in [2.24, 2.45) is 0 Å². The smallest absolute Gasteiger partial charge is 0.244 e. The summed E-state index contributed by atoms with van der Waals surface area (Å²) in [4.78, 5) is 27.1. The topological polar surface area (TPSA) is 86.8 Å². The Kier molecular flexibility index (Phi) is 8.77. The van der Waals surface area contributed by atoms with Crippen molar-refractivity contribution in [3.63, 3.8) is 0 Å². The Labute approximate surface area is 189 Å². The first-order chi connectivity index (χ1) is 15.0. The lowest BCUT2D eigenvalue weighted by Gasteiger charge is -2.31. The summed E-state index contributed by atoms with van der Waals surface area (Å²) in [6.07, 6.45) is 1.73. The molecule has 9 heteroatoms. The highest BCUT2D eigenvalue weighted by Crippen LogP contribution is 2.20. The number of aryl methyl sites for hydroxylation is 1. The third-order valence-electron chi connectivity index (χ3n) is 5.02. The molecular formula is C23H30FN3O4S. The Morgan fingerprint density at radius 1 is 1.09 bits per heavy atom. The van der Waals surface area contributed by atoms with Crippen LogP contribution >= 0.6 is 0 Å². The predicted molar refractivity (Wildman–Crippen MR) is 123 cm³/mol. The number of carbonyl (C=O) groups excluding carboxylic acids is 2. The summed E-state index contributed by atoms with van der Waals surface area (Å²) in [7, 11) is -3.79. The third-order valence-corrected chi connectivity index (χ3v) is 6.16. The summed E-state index contributed by atoms with van der Waals surface area (Å²) >= 11 is 0. The molecule has 7 nitrogen and oxygen atoms in total. The van der Waals surface area contributed by atoms with Crippen molar-refractivity contribution >= 4 is 27.5 Å². The SMILES string of the molecule is CCCNC(=O)[C@H](C)N(Cc1ccccc1F)C(=O)CN(c1ccc(C)cc1)S(C)(=O)=O. The van der Waals surface area contributed by atoms with Crippen LogP contribution in [0.2, 0.25) is 0 Å². The quantitative estimate of drug-likeness (QED) is 0.587. The zero-order chi connectivity index (χ0) is 23.9. The molecule has 0 heterocycles. The second-order valence-electron chi connectivity index (χ2n) is 7.69. The molecule has 0 aromatic heterocycles. The molecule has 2 aromatic carbocycles. The van der Waals surface area contributed by atoms with E-state index < -0.39 is 40.2 Å². The van der Waals surface area contributed by atoms with Gasteiger partial charge in [-0.2, -0.15) is 0 Å². The fourth-order valence-corrected chi connectivity index (χ4v) is 3.96. The van der Waals surface area contributed by atoms with E-state index in [1.165, 1.54) is 23.1 Å². The largest absolute Gasteiger partial charge is 0.354 e. The first kappa shape index (κ1) is 25.3. The van der Waals surface area contributed by atoms with Gasteiger partial charge in [0.2, 0.25) is 21.8 Å². The van der Waals surface area contributed by atoms with E-state index in [9.17, 15) is 22.4 Å². The van der Waals surface area contributed by atoms with Gasteiger partial charge in [-0.1, -0.05) is 42.8 Å². The highest BCUT2D eigenvalue weighted by molar-refractivity contribution is 7.92. The lowest BCUT2D eigenvalue weighted by atomic mass is 10.1. The van der Waals surface area contributed by atoms with Gasteiger partial charge < -0.3 is 10.2 Å². The Morgan fingerprint density at radius 3 is 2.28 bits per heavy atom. The van der Waals surface area contributed by atoms with E-state index in [2.05, 4.69) is 5.32 Å². The molecule has 0 aliphatic heterocycles. The van der Waals surface area contributed by atoms with Crippen LogP contribution in [0.3, 0.4) is 0 Å². The van der Waals surface area contributed by atoms with Crippen molar-refractivity contribution in [3.05, 3.63) is 65.5 Å². The molecule has 0 spiro atoms. The number of hydrogen-bond donors (Lipinski definition) is 1. The Morgan fingerprint density at radius 2 is 1.72 bits per heavy atom. The fraction of sp³-hybridized carbons (Fsp3) is 0.391. The average Bonchev–Trinajstić information content (AvgIpc) is 2.74. The van der Waals surface area contributed by atoms with Gasteiger partial charge in [-0.3, -0.25) is 13.9 Å². The van der Waals surface area contributed by atoms with Crippen LogP contribution in [-0.4, -0.2) is 50.5 Å². The third kappa shape index (κ3) is 6.78. The van der Waals surface area contributed by atoms with Gasteiger partial charge in [0.05, 0.1) is 11.9 Å². The maximum Gasteiger partial charge on any atom is 0.244 e. The number of sulfonamides is 1. The monoisotopic (exact) mass is 463 g/mol. The van der Waals surface area contributed by atoms with Crippen LogP contribution in [0.25, 0.3) is 0 Å². The van der Waals surface area contributed by atoms with Crippen molar-refractivity contribution in [2.75, 3.05) is 23.7 Å². The molecule has 0 aliphatic carbocycles. The van der Waals surface area contributed by atoms with E-state index in [1.54, 1.807) is 37.3 Å². The zero-order valence-corrected chi connectivity index (χ0v) is 19.7. The molecule has 174 valence electrons. The highest BCUT2D eigenvalue weighted by Gasteiger charge is 2.30. The summed E-state index contributed by atoms with van der Waals surface area (Å²) in [5, 5.41) is 2.73. The van der Waals surface area contributed by atoms with Crippen molar-refractivity contribution in [2.45, 2.75) is 39.8 Å². The summed E-state index contributed by atoms with van der Waals surface area (Å²) in [6.45, 7) is 5.06. The molecule has 0 saturated heterocycles. The Balaban J connectivity index is 2.37. The number of benzene rings is 2. The normalized spacial score (nSPS) is 12.2. The van der Waals surface area contributed by atoms with Gasteiger partial charge in [0.25, 0.3) is 0 Å². The molecule has 1 N–H and O–H groups in total. The number of rotatable bonds is 10. The van der Waals surface area contributed by atoms with Gasteiger partial charge >= 0.3 is 0 Å². The Hall–Kier alpha value is -2.94. The second kappa shape index (κ2) is 11.1. The molecular weight excluding hydrogens is 433 g/mol. The molecule has 0 bridgehead atoms. The molecule has 1 atom stereocenters. The van der Waals surface area contributed by atoms with Gasteiger partial charge in [-0.05, 0) is 38.5 Å². The van der Waals surface area contributed by atoms with Crippen molar-refractivity contribution in [1.82, 2.24) is 10.2 Å². The van der Waals surface area contributed by atoms with E-state index in [0.717, 1.165) is 22.5 Å². The van der Waals surface area contributed by atoms with Crippen LogP contribution in [0.4, 0.5) is 10.1 Å². The Bertz CT molecular complexity index is 1040. The van der Waals surface area contributed by atoms with E-state index >= 15 is 0 Å². The van der Waals surface area contributed by atoms with Crippen molar-refractivity contribution < 1.29 is 22.4 Å². The van der Waals surface area contributed by atoms with Crippen LogP contribution < -0.4 is 9.62 Å². The number of nitrogens with one attached hydrogen (secondary N) is 1. The molecule has 0 aliphatic rings.